The first-order chi connectivity index (χ1) is 24.1. The highest BCUT2D eigenvalue weighted by Gasteiger charge is 2.49. The molecule has 1 aliphatic carbocycles. The third-order valence-corrected chi connectivity index (χ3v) is 9.98. The van der Waals surface area contributed by atoms with Crippen molar-refractivity contribution < 1.29 is 38.4 Å². The molecule has 274 valence electrons. The zero-order valence-corrected chi connectivity index (χ0v) is 30.0. The Kier molecular flexibility index (Phi) is 15.4. The van der Waals surface area contributed by atoms with Gasteiger partial charge in [0.15, 0.2) is 12.4 Å². The summed E-state index contributed by atoms with van der Waals surface area (Å²) in [4.78, 5) is 29.9. The van der Waals surface area contributed by atoms with Gasteiger partial charge >= 0.3 is 12.1 Å². The van der Waals surface area contributed by atoms with E-state index in [1.807, 2.05) is 74.5 Å². The van der Waals surface area contributed by atoms with Crippen molar-refractivity contribution in [2.24, 2.45) is 22.9 Å². The Bertz CT molecular complexity index is 1380. The van der Waals surface area contributed by atoms with Gasteiger partial charge in [0.25, 0.3) is 0 Å². The van der Waals surface area contributed by atoms with E-state index >= 15 is 0 Å². The summed E-state index contributed by atoms with van der Waals surface area (Å²) in [6.07, 6.45) is -0.0955. The Balaban J connectivity index is 1.31. The van der Waals surface area contributed by atoms with Crippen LogP contribution in [0.3, 0.4) is 0 Å². The van der Waals surface area contributed by atoms with Gasteiger partial charge in [0.05, 0.1) is 30.5 Å². The fraction of sp³-hybridized carbons (Fsp3) is 0.632. The molecule has 4 rings (SSSR count). The first kappa shape index (κ1) is 39.1. The van der Waals surface area contributed by atoms with Crippen LogP contribution in [0, 0.1) is 17.8 Å². The molecule has 12 nitrogen and oxygen atoms in total. The van der Waals surface area contributed by atoms with Gasteiger partial charge in [-0.05, 0) is 61.1 Å². The van der Waals surface area contributed by atoms with Crippen LogP contribution in [-0.4, -0.2) is 78.1 Å². The Morgan fingerprint density at radius 1 is 0.980 bits per heavy atom. The molecule has 10 atom stereocenters. The van der Waals surface area contributed by atoms with Crippen LogP contribution in [0.25, 0.3) is 10.4 Å². The molecule has 1 amide bonds. The SMILES string of the molecule is CCC1C[C@H](OCCCCCN(Cc2ccccc2)C(=O)OCc2ccccc2)C(N=[N+]=[N-])[C@@H](C)[C@@H]1O[C@@H]1OC(C)[C@@H](O)[C@H](C)C1OC(C)=O. The van der Waals surface area contributed by atoms with E-state index in [1.165, 1.54) is 6.92 Å². The van der Waals surface area contributed by atoms with Gasteiger partial charge in [0.2, 0.25) is 0 Å². The molecule has 2 aliphatic rings. The predicted molar refractivity (Wildman–Crippen MR) is 187 cm³/mol. The molecule has 1 aliphatic heterocycles. The molecule has 12 heteroatoms. The Labute approximate surface area is 296 Å². The van der Waals surface area contributed by atoms with Gasteiger partial charge < -0.3 is 33.7 Å². The van der Waals surface area contributed by atoms with Crippen LogP contribution in [0.2, 0.25) is 0 Å². The van der Waals surface area contributed by atoms with Crippen molar-refractivity contribution in [2.75, 3.05) is 13.2 Å². The second-order valence-corrected chi connectivity index (χ2v) is 13.6. The lowest BCUT2D eigenvalue weighted by Crippen LogP contribution is -2.58. The van der Waals surface area contributed by atoms with Crippen LogP contribution in [0.4, 0.5) is 4.79 Å². The molecule has 2 fully saturated rings. The van der Waals surface area contributed by atoms with Crippen LogP contribution >= 0.6 is 0 Å². The van der Waals surface area contributed by atoms with Crippen molar-refractivity contribution in [3.05, 3.63) is 82.2 Å². The van der Waals surface area contributed by atoms with Crippen LogP contribution in [0.15, 0.2) is 65.8 Å². The molecule has 50 heavy (non-hydrogen) atoms. The predicted octanol–water partition coefficient (Wildman–Crippen LogP) is 7.18. The number of benzene rings is 2. The molecule has 1 heterocycles. The lowest BCUT2D eigenvalue weighted by atomic mass is 9.73. The lowest BCUT2D eigenvalue weighted by molar-refractivity contribution is -0.308. The normalized spacial score (nSPS) is 29.4. The number of aliphatic hydroxyl groups excluding tert-OH is 1. The van der Waals surface area contributed by atoms with Gasteiger partial charge in [-0.2, -0.15) is 0 Å². The second-order valence-electron chi connectivity index (χ2n) is 13.6. The quantitative estimate of drug-likeness (QED) is 0.0638. The monoisotopic (exact) mass is 694 g/mol. The number of ether oxygens (including phenoxy) is 5. The van der Waals surface area contributed by atoms with E-state index in [9.17, 15) is 20.2 Å². The molecule has 2 aromatic rings. The number of azide groups is 1. The van der Waals surface area contributed by atoms with Crippen LogP contribution in [-0.2, 0) is 41.6 Å². The number of unbranched alkanes of at least 4 members (excludes halogenated alkanes) is 2. The van der Waals surface area contributed by atoms with E-state index in [-0.39, 0.29) is 42.7 Å². The van der Waals surface area contributed by atoms with Gasteiger partial charge in [0, 0.05) is 37.4 Å². The summed E-state index contributed by atoms with van der Waals surface area (Å²) in [7, 11) is 0. The van der Waals surface area contributed by atoms with Gasteiger partial charge in [0.1, 0.15) is 6.61 Å². The van der Waals surface area contributed by atoms with Gasteiger partial charge in [-0.3, -0.25) is 4.79 Å². The third-order valence-electron chi connectivity index (χ3n) is 9.98. The molecule has 1 saturated carbocycles. The van der Waals surface area contributed by atoms with E-state index in [1.54, 1.807) is 11.8 Å². The molecule has 0 radical (unpaired) electrons. The van der Waals surface area contributed by atoms with Crippen molar-refractivity contribution in [2.45, 2.75) is 123 Å². The summed E-state index contributed by atoms with van der Waals surface area (Å²) in [5, 5.41) is 14.7. The van der Waals surface area contributed by atoms with Gasteiger partial charge in [-0.1, -0.05) is 93.0 Å². The number of hydrogen-bond donors (Lipinski definition) is 1. The highest BCUT2D eigenvalue weighted by molar-refractivity contribution is 5.67. The van der Waals surface area contributed by atoms with Crippen molar-refractivity contribution >= 4 is 12.1 Å². The highest BCUT2D eigenvalue weighted by Crippen LogP contribution is 2.40. The van der Waals surface area contributed by atoms with Gasteiger partial charge in [-0.25, -0.2) is 4.79 Å². The number of esters is 1. The van der Waals surface area contributed by atoms with E-state index in [2.05, 4.69) is 16.9 Å². The molecule has 0 aromatic heterocycles. The maximum absolute atomic E-state index is 13.1. The Morgan fingerprint density at radius 3 is 2.30 bits per heavy atom. The van der Waals surface area contributed by atoms with E-state index in [4.69, 9.17) is 23.7 Å². The average Bonchev–Trinajstić information content (AvgIpc) is 3.11. The molecule has 4 unspecified atom stereocenters. The van der Waals surface area contributed by atoms with Crippen LogP contribution < -0.4 is 0 Å². The van der Waals surface area contributed by atoms with Crippen LogP contribution in [0.1, 0.15) is 77.8 Å². The highest BCUT2D eigenvalue weighted by atomic mass is 16.7. The molecule has 0 spiro atoms. The minimum absolute atomic E-state index is 0.0765. The summed E-state index contributed by atoms with van der Waals surface area (Å²) in [5.41, 5.74) is 11.5. The lowest BCUT2D eigenvalue weighted by Gasteiger charge is -2.48. The first-order valence-corrected chi connectivity index (χ1v) is 17.9. The standard InChI is InChI=1S/C38H54N4O8/c1-6-31-22-32(33(40-41-39)25(2)35(31)50-37-36(49-28(5)43)26(3)34(44)27(4)48-37)46-21-15-9-14-20-42(23-29-16-10-7-11-17-29)38(45)47-24-30-18-12-8-13-19-30/h7-8,10-13,16-19,25-27,31-37,44H,6,9,14-15,20-24H2,1-5H3/t25-,26+,27?,31?,32+,33?,34+,35+,36?,37+/m1/s1. The minimum atomic E-state index is -0.866. The number of carbonyl (C=O) groups excluding carboxylic acids is 2. The minimum Gasteiger partial charge on any atom is -0.457 e. The maximum Gasteiger partial charge on any atom is 0.410 e. The number of rotatable bonds is 16. The molecular formula is C38H54N4O8. The number of amides is 1. The molecule has 1 N–H and O–H groups in total. The van der Waals surface area contributed by atoms with Crippen molar-refractivity contribution in [3.8, 4) is 0 Å². The molecule has 2 aromatic carbocycles. The van der Waals surface area contributed by atoms with E-state index < -0.39 is 36.6 Å². The smallest absolute Gasteiger partial charge is 0.410 e. The second kappa shape index (κ2) is 19.7. The summed E-state index contributed by atoms with van der Waals surface area (Å²) < 4.78 is 30.2. The van der Waals surface area contributed by atoms with Crippen molar-refractivity contribution in [1.29, 1.82) is 0 Å². The first-order valence-electron chi connectivity index (χ1n) is 17.9. The van der Waals surface area contributed by atoms with Crippen molar-refractivity contribution in [3.63, 3.8) is 0 Å². The number of aliphatic hydroxyl groups is 1. The zero-order valence-electron chi connectivity index (χ0n) is 30.0. The van der Waals surface area contributed by atoms with E-state index in [0.29, 0.717) is 26.1 Å². The maximum atomic E-state index is 13.1. The summed E-state index contributed by atoms with van der Waals surface area (Å²) in [6.45, 7) is 10.7. The molecular weight excluding hydrogens is 640 g/mol. The molecule has 1 saturated heterocycles. The third kappa shape index (κ3) is 10.9. The Morgan fingerprint density at radius 2 is 1.66 bits per heavy atom. The fourth-order valence-electron chi connectivity index (χ4n) is 7.10. The summed E-state index contributed by atoms with van der Waals surface area (Å²) >= 11 is 0. The number of hydrogen-bond acceptors (Lipinski definition) is 9. The number of carbonyl (C=O) groups is 2. The zero-order chi connectivity index (χ0) is 36.0. The largest absolute Gasteiger partial charge is 0.457 e. The van der Waals surface area contributed by atoms with E-state index in [0.717, 1.165) is 36.8 Å². The number of nitrogens with zero attached hydrogens (tertiary/aromatic N) is 4. The van der Waals surface area contributed by atoms with Gasteiger partial charge in [-0.15, -0.1) is 0 Å². The fourth-order valence-corrected chi connectivity index (χ4v) is 7.10. The Hall–Kier alpha value is -3.67. The topological polar surface area (TPSA) is 153 Å². The summed E-state index contributed by atoms with van der Waals surface area (Å²) in [6, 6.07) is 19.1. The average molecular weight is 695 g/mol. The molecule has 0 bridgehead atoms. The van der Waals surface area contributed by atoms with Crippen molar-refractivity contribution in [1.82, 2.24) is 4.90 Å². The van der Waals surface area contributed by atoms with Crippen LogP contribution in [0.5, 0.6) is 0 Å². The summed E-state index contributed by atoms with van der Waals surface area (Å²) in [5.74, 6) is -0.993.